The number of carbonyl (C=O) groups is 2. The second-order valence-corrected chi connectivity index (χ2v) is 7.34. The number of hydrogen-bond donors (Lipinski definition) is 1. The Kier molecular flexibility index (Phi) is 6.58. The van der Waals surface area contributed by atoms with Gasteiger partial charge in [-0.15, -0.1) is 0 Å². The molecule has 0 radical (unpaired) electrons. The highest BCUT2D eigenvalue weighted by Gasteiger charge is 2.29. The van der Waals surface area contributed by atoms with Crippen LogP contribution in [-0.4, -0.2) is 36.4 Å². The molecule has 0 bridgehead atoms. The Morgan fingerprint density at radius 2 is 1.96 bits per heavy atom. The van der Waals surface area contributed by atoms with E-state index in [0.29, 0.717) is 41.8 Å². The smallest absolute Gasteiger partial charge is 0.257 e. The zero-order valence-corrected chi connectivity index (χ0v) is 16.2. The van der Waals surface area contributed by atoms with Crippen LogP contribution in [-0.2, 0) is 16.1 Å². The highest BCUT2D eigenvalue weighted by atomic mass is 35.5. The number of amides is 2. The summed E-state index contributed by atoms with van der Waals surface area (Å²) in [5.41, 5.74) is 1.10. The second-order valence-electron chi connectivity index (χ2n) is 6.50. The molecular formula is C20H20Cl2N2O3. The molecule has 1 aliphatic heterocycles. The fraction of sp³-hybridized carbons (Fsp3) is 0.300. The maximum Gasteiger partial charge on any atom is 0.257 e. The van der Waals surface area contributed by atoms with E-state index in [2.05, 4.69) is 5.32 Å². The minimum atomic E-state index is -0.255. The van der Waals surface area contributed by atoms with Gasteiger partial charge >= 0.3 is 0 Å². The first-order valence-corrected chi connectivity index (χ1v) is 9.43. The SMILES string of the molecule is O=C(COc1ccc(Cl)cc1Cl)NCC1CC(=O)N(Cc2ccccc2)C1. The van der Waals surface area contributed by atoms with E-state index in [1.54, 1.807) is 18.2 Å². The lowest BCUT2D eigenvalue weighted by molar-refractivity contribution is -0.128. The number of ether oxygens (including phenoxy) is 1. The standard InChI is InChI=1S/C20H20Cl2N2O3/c21-16-6-7-18(17(22)9-16)27-13-19(25)23-10-15-8-20(26)24(12-15)11-14-4-2-1-3-5-14/h1-7,9,15H,8,10-13H2,(H,23,25). The topological polar surface area (TPSA) is 58.6 Å². The quantitative estimate of drug-likeness (QED) is 0.764. The van der Waals surface area contributed by atoms with E-state index in [4.69, 9.17) is 27.9 Å². The normalized spacial score (nSPS) is 16.4. The van der Waals surface area contributed by atoms with Gasteiger partial charge in [-0.3, -0.25) is 9.59 Å². The first-order valence-electron chi connectivity index (χ1n) is 8.67. The highest BCUT2D eigenvalue weighted by molar-refractivity contribution is 6.35. The van der Waals surface area contributed by atoms with E-state index >= 15 is 0 Å². The van der Waals surface area contributed by atoms with Gasteiger partial charge in [0, 0.05) is 37.0 Å². The molecular weight excluding hydrogens is 387 g/mol. The van der Waals surface area contributed by atoms with Crippen LogP contribution in [0.1, 0.15) is 12.0 Å². The lowest BCUT2D eigenvalue weighted by Gasteiger charge is -2.17. The van der Waals surface area contributed by atoms with Crippen molar-refractivity contribution in [2.75, 3.05) is 19.7 Å². The van der Waals surface area contributed by atoms with Crippen molar-refractivity contribution in [1.82, 2.24) is 10.2 Å². The molecule has 3 rings (SSSR count). The molecule has 5 nitrogen and oxygen atoms in total. The van der Waals surface area contributed by atoms with Gasteiger partial charge in [0.15, 0.2) is 6.61 Å². The predicted molar refractivity (Wildman–Crippen MR) is 105 cm³/mol. The summed E-state index contributed by atoms with van der Waals surface area (Å²) in [5, 5.41) is 3.68. The average molecular weight is 407 g/mol. The summed E-state index contributed by atoms with van der Waals surface area (Å²) in [6, 6.07) is 14.7. The first kappa shape index (κ1) is 19.5. The Morgan fingerprint density at radius 3 is 2.70 bits per heavy atom. The van der Waals surface area contributed by atoms with E-state index in [9.17, 15) is 9.59 Å². The van der Waals surface area contributed by atoms with Crippen LogP contribution in [0.3, 0.4) is 0 Å². The third-order valence-electron chi connectivity index (χ3n) is 4.35. The molecule has 142 valence electrons. The Bertz CT molecular complexity index is 814. The van der Waals surface area contributed by atoms with Gasteiger partial charge in [-0.2, -0.15) is 0 Å². The van der Waals surface area contributed by atoms with Crippen LogP contribution >= 0.6 is 23.2 Å². The maximum absolute atomic E-state index is 12.2. The molecule has 2 amide bonds. The first-order chi connectivity index (χ1) is 13.0. The number of likely N-dealkylation sites (tertiary alicyclic amines) is 1. The van der Waals surface area contributed by atoms with Crippen molar-refractivity contribution in [2.24, 2.45) is 5.92 Å². The molecule has 1 atom stereocenters. The number of carbonyl (C=O) groups excluding carboxylic acids is 2. The molecule has 0 aromatic heterocycles. The number of halogens is 2. The number of nitrogens with zero attached hydrogens (tertiary/aromatic N) is 1. The molecule has 1 saturated heterocycles. The van der Waals surface area contributed by atoms with Gasteiger partial charge in [0.05, 0.1) is 5.02 Å². The minimum absolute atomic E-state index is 0.101. The third-order valence-corrected chi connectivity index (χ3v) is 4.88. The van der Waals surface area contributed by atoms with Gasteiger partial charge < -0.3 is 15.0 Å². The molecule has 1 N–H and O–H groups in total. The van der Waals surface area contributed by atoms with Crippen LogP contribution in [0.15, 0.2) is 48.5 Å². The number of nitrogens with one attached hydrogen (secondary N) is 1. The molecule has 1 heterocycles. The maximum atomic E-state index is 12.2. The van der Waals surface area contributed by atoms with Gasteiger partial charge in [0.2, 0.25) is 5.91 Å². The highest BCUT2D eigenvalue weighted by Crippen LogP contribution is 2.27. The molecule has 1 unspecified atom stereocenters. The zero-order valence-electron chi connectivity index (χ0n) is 14.7. The Balaban J connectivity index is 1.42. The van der Waals surface area contributed by atoms with Crippen molar-refractivity contribution in [3.8, 4) is 5.75 Å². The molecule has 0 saturated carbocycles. The van der Waals surface area contributed by atoms with Gasteiger partial charge in [-0.05, 0) is 23.8 Å². The molecule has 0 spiro atoms. The van der Waals surface area contributed by atoms with Gasteiger partial charge in [-0.25, -0.2) is 0 Å². The molecule has 2 aromatic carbocycles. The van der Waals surface area contributed by atoms with Crippen molar-refractivity contribution < 1.29 is 14.3 Å². The van der Waals surface area contributed by atoms with Crippen LogP contribution in [0.4, 0.5) is 0 Å². The van der Waals surface area contributed by atoms with Crippen molar-refractivity contribution in [1.29, 1.82) is 0 Å². The summed E-state index contributed by atoms with van der Waals surface area (Å²) in [5.74, 6) is 0.364. The van der Waals surface area contributed by atoms with Crippen LogP contribution in [0, 0.1) is 5.92 Å². The van der Waals surface area contributed by atoms with Crippen molar-refractivity contribution >= 4 is 35.0 Å². The van der Waals surface area contributed by atoms with E-state index in [-0.39, 0.29) is 24.3 Å². The fourth-order valence-electron chi connectivity index (χ4n) is 2.99. The van der Waals surface area contributed by atoms with Gasteiger partial charge in [0.1, 0.15) is 5.75 Å². The predicted octanol–water partition coefficient (Wildman–Crippen LogP) is 3.54. The van der Waals surface area contributed by atoms with Gasteiger partial charge in [0.25, 0.3) is 5.91 Å². The van der Waals surface area contributed by atoms with Crippen LogP contribution in [0.5, 0.6) is 5.75 Å². The number of hydrogen-bond acceptors (Lipinski definition) is 3. The summed E-state index contributed by atoms with van der Waals surface area (Å²) in [6.07, 6.45) is 0.441. The zero-order chi connectivity index (χ0) is 19.2. The minimum Gasteiger partial charge on any atom is -0.482 e. The summed E-state index contributed by atoms with van der Waals surface area (Å²) in [7, 11) is 0. The van der Waals surface area contributed by atoms with Crippen LogP contribution in [0.25, 0.3) is 0 Å². The van der Waals surface area contributed by atoms with E-state index in [1.807, 2.05) is 35.2 Å². The van der Waals surface area contributed by atoms with Crippen molar-refractivity contribution in [3.05, 3.63) is 64.1 Å². The second kappa shape index (κ2) is 9.11. The molecule has 1 aliphatic rings. The number of benzene rings is 2. The Hall–Kier alpha value is -2.24. The molecule has 1 fully saturated rings. The Labute approximate surface area is 168 Å². The molecule has 2 aromatic rings. The summed E-state index contributed by atoms with van der Waals surface area (Å²) in [4.78, 5) is 26.0. The lowest BCUT2D eigenvalue weighted by atomic mass is 10.1. The summed E-state index contributed by atoms with van der Waals surface area (Å²) in [6.45, 7) is 1.53. The lowest BCUT2D eigenvalue weighted by Crippen LogP contribution is -2.34. The Morgan fingerprint density at radius 1 is 1.19 bits per heavy atom. The van der Waals surface area contributed by atoms with E-state index in [0.717, 1.165) is 5.56 Å². The summed E-state index contributed by atoms with van der Waals surface area (Å²) >= 11 is 11.8. The van der Waals surface area contributed by atoms with Gasteiger partial charge in [-0.1, -0.05) is 53.5 Å². The van der Waals surface area contributed by atoms with Crippen LogP contribution in [0.2, 0.25) is 10.0 Å². The molecule has 0 aliphatic carbocycles. The number of rotatable bonds is 7. The molecule has 7 heteroatoms. The largest absolute Gasteiger partial charge is 0.482 e. The van der Waals surface area contributed by atoms with Crippen molar-refractivity contribution in [2.45, 2.75) is 13.0 Å². The van der Waals surface area contributed by atoms with Crippen molar-refractivity contribution in [3.63, 3.8) is 0 Å². The monoisotopic (exact) mass is 406 g/mol. The third kappa shape index (κ3) is 5.62. The average Bonchev–Trinajstić information content (AvgIpc) is 2.99. The summed E-state index contributed by atoms with van der Waals surface area (Å²) < 4.78 is 5.41. The fourth-order valence-corrected chi connectivity index (χ4v) is 3.46. The van der Waals surface area contributed by atoms with Crippen LogP contribution < -0.4 is 10.1 Å². The van der Waals surface area contributed by atoms with E-state index in [1.165, 1.54) is 0 Å². The molecule has 27 heavy (non-hydrogen) atoms. The van der Waals surface area contributed by atoms with E-state index < -0.39 is 0 Å².